The maximum Gasteiger partial charge on any atom is 0.253 e. The van der Waals surface area contributed by atoms with E-state index in [0.29, 0.717) is 16.5 Å². The monoisotopic (exact) mass is 436 g/mol. The quantitative estimate of drug-likeness (QED) is 0.546. The number of halogens is 2. The standard InChI is InChI=1S/C12H10BrIN2O3/c13-8-2-1-6(14)5-7(8)11(18)15-9-3-4-10(17)16-12(9)19/h1-2,5,9H,3-4H2,(H,15,18)(H,16,17,19). The fourth-order valence-electron chi connectivity index (χ4n) is 1.74. The van der Waals surface area contributed by atoms with E-state index >= 15 is 0 Å². The van der Waals surface area contributed by atoms with Gasteiger partial charge in [-0.3, -0.25) is 19.7 Å². The number of piperidine rings is 1. The first kappa shape index (κ1) is 14.4. The molecule has 0 spiro atoms. The molecule has 1 aromatic carbocycles. The Bertz CT molecular complexity index is 562. The summed E-state index contributed by atoms with van der Waals surface area (Å²) in [5, 5.41) is 4.84. The number of hydrogen-bond acceptors (Lipinski definition) is 3. The molecule has 2 rings (SSSR count). The Morgan fingerprint density at radius 2 is 2.16 bits per heavy atom. The van der Waals surface area contributed by atoms with Gasteiger partial charge in [-0.25, -0.2) is 0 Å². The summed E-state index contributed by atoms with van der Waals surface area (Å²) in [6.45, 7) is 0. The largest absolute Gasteiger partial charge is 0.340 e. The Labute approximate surface area is 131 Å². The summed E-state index contributed by atoms with van der Waals surface area (Å²) < 4.78 is 1.59. The van der Waals surface area contributed by atoms with Crippen molar-refractivity contribution in [1.29, 1.82) is 0 Å². The average molecular weight is 437 g/mol. The van der Waals surface area contributed by atoms with Crippen molar-refractivity contribution < 1.29 is 14.4 Å². The smallest absolute Gasteiger partial charge is 0.253 e. The minimum atomic E-state index is -0.657. The van der Waals surface area contributed by atoms with Crippen LogP contribution in [-0.4, -0.2) is 23.8 Å². The zero-order valence-electron chi connectivity index (χ0n) is 9.70. The average Bonchev–Trinajstić information content (AvgIpc) is 2.35. The van der Waals surface area contributed by atoms with Crippen LogP contribution < -0.4 is 10.6 Å². The summed E-state index contributed by atoms with van der Waals surface area (Å²) in [6, 6.07) is 4.72. The molecular weight excluding hydrogens is 427 g/mol. The molecule has 1 fully saturated rings. The Hall–Kier alpha value is -0.960. The molecule has 1 heterocycles. The van der Waals surface area contributed by atoms with Crippen LogP contribution in [0.3, 0.4) is 0 Å². The first-order valence-electron chi connectivity index (χ1n) is 5.57. The van der Waals surface area contributed by atoms with Gasteiger partial charge < -0.3 is 5.32 Å². The number of benzene rings is 1. The second kappa shape index (κ2) is 6.00. The van der Waals surface area contributed by atoms with Crippen molar-refractivity contribution in [2.45, 2.75) is 18.9 Å². The number of hydrogen-bond donors (Lipinski definition) is 2. The highest BCUT2D eigenvalue weighted by Crippen LogP contribution is 2.20. The lowest BCUT2D eigenvalue weighted by atomic mass is 10.1. The second-order valence-corrected chi connectivity index (χ2v) is 6.20. The fourth-order valence-corrected chi connectivity index (χ4v) is 2.66. The first-order chi connectivity index (χ1) is 8.97. The first-order valence-corrected chi connectivity index (χ1v) is 7.44. The number of amides is 3. The van der Waals surface area contributed by atoms with Gasteiger partial charge in [0.2, 0.25) is 11.8 Å². The van der Waals surface area contributed by atoms with Gasteiger partial charge in [0.15, 0.2) is 0 Å². The highest BCUT2D eigenvalue weighted by Gasteiger charge is 2.28. The molecule has 1 atom stereocenters. The maximum absolute atomic E-state index is 12.1. The summed E-state index contributed by atoms with van der Waals surface area (Å²) in [5.41, 5.74) is 0.469. The molecular formula is C12H10BrIN2O3. The molecule has 1 aromatic rings. The highest BCUT2D eigenvalue weighted by molar-refractivity contribution is 14.1. The zero-order valence-corrected chi connectivity index (χ0v) is 13.4. The molecule has 0 bridgehead atoms. The topological polar surface area (TPSA) is 75.3 Å². The predicted octanol–water partition coefficient (Wildman–Crippen LogP) is 1.59. The van der Waals surface area contributed by atoms with E-state index in [4.69, 9.17) is 0 Å². The van der Waals surface area contributed by atoms with Crippen molar-refractivity contribution in [1.82, 2.24) is 10.6 Å². The third-order valence-corrected chi connectivity index (χ3v) is 4.08. The lowest BCUT2D eigenvalue weighted by molar-refractivity contribution is -0.134. The van der Waals surface area contributed by atoms with Crippen LogP contribution in [0.5, 0.6) is 0 Å². The Morgan fingerprint density at radius 3 is 2.84 bits per heavy atom. The van der Waals surface area contributed by atoms with Crippen molar-refractivity contribution in [3.05, 3.63) is 31.8 Å². The molecule has 0 saturated carbocycles. The molecule has 1 unspecified atom stereocenters. The minimum absolute atomic E-state index is 0.240. The molecule has 2 N–H and O–H groups in total. The van der Waals surface area contributed by atoms with Crippen molar-refractivity contribution in [2.24, 2.45) is 0 Å². The normalized spacial score (nSPS) is 18.9. The van der Waals surface area contributed by atoms with E-state index in [0.717, 1.165) is 3.57 Å². The lowest BCUT2D eigenvalue weighted by Gasteiger charge is -2.22. The Balaban J connectivity index is 2.11. The van der Waals surface area contributed by atoms with Gasteiger partial charge in [0, 0.05) is 14.5 Å². The molecule has 0 aromatic heterocycles. The SMILES string of the molecule is O=C1CCC(NC(=O)c2cc(I)ccc2Br)C(=O)N1. The second-order valence-electron chi connectivity index (χ2n) is 4.10. The van der Waals surface area contributed by atoms with Gasteiger partial charge in [-0.05, 0) is 63.1 Å². The van der Waals surface area contributed by atoms with Crippen LogP contribution in [-0.2, 0) is 9.59 Å². The molecule has 1 aliphatic rings. The summed E-state index contributed by atoms with van der Waals surface area (Å²) in [4.78, 5) is 34.7. The Morgan fingerprint density at radius 1 is 1.42 bits per heavy atom. The van der Waals surface area contributed by atoms with E-state index in [-0.39, 0.29) is 18.2 Å². The molecule has 7 heteroatoms. The number of imide groups is 1. The van der Waals surface area contributed by atoms with Crippen LogP contribution in [0.25, 0.3) is 0 Å². The summed E-state index contributed by atoms with van der Waals surface area (Å²) in [7, 11) is 0. The summed E-state index contributed by atoms with van der Waals surface area (Å²) in [6.07, 6.45) is 0.572. The van der Waals surface area contributed by atoms with Gasteiger partial charge >= 0.3 is 0 Å². The molecule has 3 amide bonds. The predicted molar refractivity (Wildman–Crippen MR) is 80.5 cm³/mol. The molecule has 0 aliphatic carbocycles. The van der Waals surface area contributed by atoms with Gasteiger partial charge in [-0.2, -0.15) is 0 Å². The van der Waals surface area contributed by atoms with E-state index in [2.05, 4.69) is 49.2 Å². The van der Waals surface area contributed by atoms with Gasteiger partial charge in [0.05, 0.1) is 5.56 Å². The van der Waals surface area contributed by atoms with Gasteiger partial charge in [0.25, 0.3) is 5.91 Å². The van der Waals surface area contributed by atoms with E-state index < -0.39 is 11.9 Å². The van der Waals surface area contributed by atoms with Crippen molar-refractivity contribution in [3.63, 3.8) is 0 Å². The van der Waals surface area contributed by atoms with Crippen LogP contribution in [0.4, 0.5) is 0 Å². The molecule has 1 saturated heterocycles. The number of nitrogens with one attached hydrogen (secondary N) is 2. The van der Waals surface area contributed by atoms with Gasteiger partial charge in [-0.1, -0.05) is 0 Å². The number of rotatable bonds is 2. The third kappa shape index (κ3) is 3.53. The number of carbonyl (C=O) groups is 3. The fraction of sp³-hybridized carbons (Fsp3) is 0.250. The van der Waals surface area contributed by atoms with E-state index in [1.54, 1.807) is 12.1 Å². The van der Waals surface area contributed by atoms with Crippen molar-refractivity contribution in [3.8, 4) is 0 Å². The van der Waals surface area contributed by atoms with Crippen LogP contribution in [0.15, 0.2) is 22.7 Å². The summed E-state index contributed by atoms with van der Waals surface area (Å²) in [5.74, 6) is -1.09. The molecule has 100 valence electrons. The highest BCUT2D eigenvalue weighted by atomic mass is 127. The summed E-state index contributed by atoms with van der Waals surface area (Å²) >= 11 is 5.41. The zero-order chi connectivity index (χ0) is 14.0. The molecule has 0 radical (unpaired) electrons. The van der Waals surface area contributed by atoms with Gasteiger partial charge in [-0.15, -0.1) is 0 Å². The van der Waals surface area contributed by atoms with E-state index in [1.165, 1.54) is 0 Å². The Kier molecular flexibility index (Phi) is 4.56. The van der Waals surface area contributed by atoms with Crippen molar-refractivity contribution >= 4 is 56.2 Å². The number of carbonyl (C=O) groups excluding carboxylic acids is 3. The molecule has 1 aliphatic heterocycles. The van der Waals surface area contributed by atoms with Crippen LogP contribution in [0, 0.1) is 3.57 Å². The van der Waals surface area contributed by atoms with Crippen molar-refractivity contribution in [2.75, 3.05) is 0 Å². The lowest BCUT2D eigenvalue weighted by Crippen LogP contribution is -2.52. The third-order valence-electron chi connectivity index (χ3n) is 2.72. The van der Waals surface area contributed by atoms with Gasteiger partial charge in [0.1, 0.15) is 6.04 Å². The van der Waals surface area contributed by atoms with Crippen LogP contribution >= 0.6 is 38.5 Å². The van der Waals surface area contributed by atoms with Crippen LogP contribution in [0.2, 0.25) is 0 Å². The molecule has 19 heavy (non-hydrogen) atoms. The van der Waals surface area contributed by atoms with Crippen LogP contribution in [0.1, 0.15) is 23.2 Å². The molecule has 5 nitrogen and oxygen atoms in total. The minimum Gasteiger partial charge on any atom is -0.340 e. The van der Waals surface area contributed by atoms with E-state index in [1.807, 2.05) is 6.07 Å². The van der Waals surface area contributed by atoms with E-state index in [9.17, 15) is 14.4 Å². The maximum atomic E-state index is 12.1.